The molecule has 0 saturated heterocycles. The van der Waals surface area contributed by atoms with E-state index in [0.29, 0.717) is 23.3 Å². The molecule has 0 unspecified atom stereocenters. The van der Waals surface area contributed by atoms with Crippen LogP contribution in [-0.2, 0) is 13.1 Å². The predicted octanol–water partition coefficient (Wildman–Crippen LogP) is 2.13. The fourth-order valence-corrected chi connectivity index (χ4v) is 3.32. The van der Waals surface area contributed by atoms with Gasteiger partial charge in [0.25, 0.3) is 5.56 Å². The number of thiophene rings is 1. The highest BCUT2D eigenvalue weighted by molar-refractivity contribution is 7.09. The number of carbonyl (C=O) groups is 1. The summed E-state index contributed by atoms with van der Waals surface area (Å²) in [4.78, 5) is 34.4. The van der Waals surface area contributed by atoms with Crippen LogP contribution in [0.2, 0.25) is 0 Å². The number of amides is 1. The topological polar surface area (TPSA) is 103 Å². The van der Waals surface area contributed by atoms with Crippen molar-refractivity contribution in [1.29, 1.82) is 0 Å². The molecule has 0 aliphatic heterocycles. The van der Waals surface area contributed by atoms with Crippen LogP contribution in [0.5, 0.6) is 0 Å². The van der Waals surface area contributed by atoms with Gasteiger partial charge in [0.15, 0.2) is 5.82 Å². The van der Waals surface area contributed by atoms with E-state index in [1.165, 1.54) is 4.57 Å². The Labute approximate surface area is 157 Å². The molecule has 0 aliphatic carbocycles. The van der Waals surface area contributed by atoms with Crippen LogP contribution in [0.25, 0.3) is 10.9 Å². The Morgan fingerprint density at radius 3 is 2.89 bits per heavy atom. The quantitative estimate of drug-likeness (QED) is 0.568. The predicted molar refractivity (Wildman–Crippen MR) is 99.6 cm³/mol. The smallest absolute Gasteiger partial charge is 0.316 e. The summed E-state index contributed by atoms with van der Waals surface area (Å²) in [7, 11) is 0. The van der Waals surface area contributed by atoms with Crippen molar-refractivity contribution in [2.45, 2.75) is 20.0 Å². The molecule has 4 rings (SSSR count). The van der Waals surface area contributed by atoms with E-state index < -0.39 is 5.91 Å². The maximum Gasteiger partial charge on any atom is 0.316 e. The maximum atomic E-state index is 12.7. The molecular formula is C18H15N5O3S. The van der Waals surface area contributed by atoms with Gasteiger partial charge in [-0.05, 0) is 30.5 Å². The highest BCUT2D eigenvalue weighted by atomic mass is 32.1. The summed E-state index contributed by atoms with van der Waals surface area (Å²) in [6, 6.07) is 11.0. The van der Waals surface area contributed by atoms with Gasteiger partial charge in [-0.3, -0.25) is 14.2 Å². The van der Waals surface area contributed by atoms with Crippen LogP contribution >= 0.6 is 11.3 Å². The van der Waals surface area contributed by atoms with Crippen LogP contribution in [0.3, 0.4) is 0 Å². The Hall–Kier alpha value is -3.33. The number of aromatic nitrogens is 4. The standard InChI is InChI=1S/C18H15N5O3S/c1-11-20-14-7-3-2-6-13(14)18(25)23(11)10-15-21-17(26-22-15)16(24)19-9-12-5-4-8-27-12/h2-8H,9-10H2,1H3,(H,19,24). The molecule has 0 radical (unpaired) electrons. The fraction of sp³-hybridized carbons (Fsp3) is 0.167. The second-order valence-electron chi connectivity index (χ2n) is 5.85. The summed E-state index contributed by atoms with van der Waals surface area (Å²) in [5.74, 6) is 0.176. The average Bonchev–Trinajstić information content (AvgIpc) is 3.35. The summed E-state index contributed by atoms with van der Waals surface area (Å²) >= 11 is 1.54. The molecule has 3 heterocycles. The van der Waals surface area contributed by atoms with Crippen LogP contribution in [-0.4, -0.2) is 25.6 Å². The largest absolute Gasteiger partial charge is 0.343 e. The zero-order valence-corrected chi connectivity index (χ0v) is 15.2. The Bertz CT molecular complexity index is 1160. The van der Waals surface area contributed by atoms with E-state index in [2.05, 4.69) is 20.4 Å². The minimum atomic E-state index is -0.456. The Morgan fingerprint density at radius 2 is 2.07 bits per heavy atom. The van der Waals surface area contributed by atoms with Gasteiger partial charge in [0, 0.05) is 4.88 Å². The normalized spacial score (nSPS) is 11.0. The Kier molecular flexibility index (Phi) is 4.51. The van der Waals surface area contributed by atoms with Crippen molar-refractivity contribution in [3.05, 3.63) is 74.5 Å². The van der Waals surface area contributed by atoms with Gasteiger partial charge < -0.3 is 9.84 Å². The van der Waals surface area contributed by atoms with Crippen molar-refractivity contribution in [2.24, 2.45) is 0 Å². The van der Waals surface area contributed by atoms with Crippen molar-refractivity contribution in [1.82, 2.24) is 25.0 Å². The lowest BCUT2D eigenvalue weighted by Gasteiger charge is -2.08. The first-order chi connectivity index (χ1) is 13.1. The summed E-state index contributed by atoms with van der Waals surface area (Å²) in [6.45, 7) is 2.20. The van der Waals surface area contributed by atoms with Crippen molar-refractivity contribution in [3.8, 4) is 0 Å². The molecule has 0 fully saturated rings. The first-order valence-electron chi connectivity index (χ1n) is 8.21. The van der Waals surface area contributed by atoms with Crippen LogP contribution < -0.4 is 10.9 Å². The van der Waals surface area contributed by atoms with Crippen molar-refractivity contribution < 1.29 is 9.32 Å². The Balaban J connectivity index is 1.53. The molecular weight excluding hydrogens is 366 g/mol. The number of aryl methyl sites for hydroxylation is 1. The Morgan fingerprint density at radius 1 is 1.22 bits per heavy atom. The van der Waals surface area contributed by atoms with E-state index in [4.69, 9.17) is 4.52 Å². The van der Waals surface area contributed by atoms with Gasteiger partial charge in [0.1, 0.15) is 5.82 Å². The number of fused-ring (bicyclic) bond motifs is 1. The second-order valence-corrected chi connectivity index (χ2v) is 6.88. The van der Waals surface area contributed by atoms with Gasteiger partial charge in [0.05, 0.1) is 24.0 Å². The number of benzene rings is 1. The zero-order valence-electron chi connectivity index (χ0n) is 14.4. The average molecular weight is 381 g/mol. The molecule has 8 nitrogen and oxygen atoms in total. The summed E-state index contributed by atoms with van der Waals surface area (Å²) in [5, 5.41) is 8.98. The monoisotopic (exact) mass is 381 g/mol. The lowest BCUT2D eigenvalue weighted by molar-refractivity contribution is 0.0907. The lowest BCUT2D eigenvalue weighted by atomic mass is 10.2. The highest BCUT2D eigenvalue weighted by Gasteiger charge is 2.17. The second kappa shape index (κ2) is 7.12. The fourth-order valence-electron chi connectivity index (χ4n) is 2.67. The lowest BCUT2D eigenvalue weighted by Crippen LogP contribution is -2.25. The van der Waals surface area contributed by atoms with Gasteiger partial charge in [-0.1, -0.05) is 23.4 Å². The molecule has 136 valence electrons. The van der Waals surface area contributed by atoms with E-state index in [0.717, 1.165) is 4.88 Å². The molecule has 1 aromatic carbocycles. The van der Waals surface area contributed by atoms with Crippen LogP contribution in [0.15, 0.2) is 51.1 Å². The first-order valence-corrected chi connectivity index (χ1v) is 9.09. The molecule has 0 bridgehead atoms. The zero-order chi connectivity index (χ0) is 18.8. The maximum absolute atomic E-state index is 12.7. The molecule has 0 saturated carbocycles. The number of nitrogens with zero attached hydrogens (tertiary/aromatic N) is 4. The van der Waals surface area contributed by atoms with Crippen LogP contribution in [0, 0.1) is 6.92 Å². The molecule has 9 heteroatoms. The molecule has 3 aromatic heterocycles. The third-order valence-electron chi connectivity index (χ3n) is 4.02. The highest BCUT2D eigenvalue weighted by Crippen LogP contribution is 2.10. The van der Waals surface area contributed by atoms with E-state index in [-0.39, 0.29) is 23.8 Å². The van der Waals surface area contributed by atoms with E-state index in [1.807, 2.05) is 23.6 Å². The van der Waals surface area contributed by atoms with Gasteiger partial charge in [-0.2, -0.15) is 4.98 Å². The number of hydrogen-bond acceptors (Lipinski definition) is 7. The molecule has 4 aromatic rings. The third-order valence-corrected chi connectivity index (χ3v) is 4.89. The number of nitrogens with one attached hydrogen (secondary N) is 1. The summed E-state index contributed by atoms with van der Waals surface area (Å²) < 4.78 is 6.49. The van der Waals surface area contributed by atoms with Crippen LogP contribution in [0.4, 0.5) is 0 Å². The molecule has 1 N–H and O–H groups in total. The van der Waals surface area contributed by atoms with Crippen molar-refractivity contribution in [2.75, 3.05) is 0 Å². The van der Waals surface area contributed by atoms with Crippen molar-refractivity contribution >= 4 is 28.1 Å². The van der Waals surface area contributed by atoms with E-state index >= 15 is 0 Å². The first kappa shape index (κ1) is 17.1. The minimum Gasteiger partial charge on any atom is -0.343 e. The van der Waals surface area contributed by atoms with Crippen molar-refractivity contribution in [3.63, 3.8) is 0 Å². The number of rotatable bonds is 5. The molecule has 1 amide bonds. The van der Waals surface area contributed by atoms with Crippen LogP contribution in [0.1, 0.15) is 27.2 Å². The van der Waals surface area contributed by atoms with Gasteiger partial charge in [-0.15, -0.1) is 11.3 Å². The number of hydrogen-bond donors (Lipinski definition) is 1. The third kappa shape index (κ3) is 3.49. The summed E-state index contributed by atoms with van der Waals surface area (Å²) in [5.41, 5.74) is 0.449. The molecule has 0 aliphatic rings. The SMILES string of the molecule is Cc1nc2ccccc2c(=O)n1Cc1noc(C(=O)NCc2cccs2)n1. The van der Waals surface area contributed by atoms with Gasteiger partial charge in [-0.25, -0.2) is 4.98 Å². The van der Waals surface area contributed by atoms with Gasteiger partial charge in [0.2, 0.25) is 0 Å². The minimum absolute atomic E-state index is 0.0736. The number of carbonyl (C=O) groups excluding carboxylic acids is 1. The van der Waals surface area contributed by atoms with E-state index in [1.54, 1.807) is 36.5 Å². The molecule has 0 atom stereocenters. The number of para-hydroxylation sites is 1. The molecule has 0 spiro atoms. The summed E-state index contributed by atoms with van der Waals surface area (Å²) in [6.07, 6.45) is 0. The van der Waals surface area contributed by atoms with Gasteiger partial charge >= 0.3 is 11.8 Å². The molecule has 27 heavy (non-hydrogen) atoms. The van der Waals surface area contributed by atoms with E-state index in [9.17, 15) is 9.59 Å².